The molecule has 0 bridgehead atoms. The summed E-state index contributed by atoms with van der Waals surface area (Å²) in [6.45, 7) is 5.69. The van der Waals surface area contributed by atoms with Crippen molar-refractivity contribution in [3.05, 3.63) is 70.4 Å². The van der Waals surface area contributed by atoms with Gasteiger partial charge in [0.25, 0.3) is 5.91 Å². The van der Waals surface area contributed by atoms with E-state index in [1.54, 1.807) is 26.2 Å². The highest BCUT2D eigenvalue weighted by Crippen LogP contribution is 2.29. The van der Waals surface area contributed by atoms with Crippen molar-refractivity contribution in [2.24, 2.45) is 0 Å². The summed E-state index contributed by atoms with van der Waals surface area (Å²) >= 11 is 0. The highest BCUT2D eigenvalue weighted by atomic mass is 16.5. The summed E-state index contributed by atoms with van der Waals surface area (Å²) in [6.07, 6.45) is 0. The Labute approximate surface area is 158 Å². The van der Waals surface area contributed by atoms with Gasteiger partial charge in [-0.25, -0.2) is 4.79 Å². The van der Waals surface area contributed by atoms with E-state index in [1.807, 2.05) is 44.2 Å². The Balaban J connectivity index is 1.95. The number of rotatable bonds is 4. The van der Waals surface area contributed by atoms with Gasteiger partial charge < -0.3 is 20.7 Å². The summed E-state index contributed by atoms with van der Waals surface area (Å²) in [7, 11) is 1.59. The molecule has 0 radical (unpaired) electrons. The van der Waals surface area contributed by atoms with Gasteiger partial charge in [-0.2, -0.15) is 0 Å². The van der Waals surface area contributed by atoms with Crippen LogP contribution in [0.15, 0.2) is 53.7 Å². The van der Waals surface area contributed by atoms with Crippen molar-refractivity contribution in [3.8, 4) is 5.75 Å². The molecule has 2 aromatic carbocycles. The van der Waals surface area contributed by atoms with E-state index in [1.165, 1.54) is 0 Å². The molecular formula is C21H23N3O3. The van der Waals surface area contributed by atoms with Gasteiger partial charge in [-0.1, -0.05) is 24.3 Å². The molecule has 3 amide bonds. The molecule has 6 heteroatoms. The van der Waals surface area contributed by atoms with E-state index >= 15 is 0 Å². The fourth-order valence-electron chi connectivity index (χ4n) is 3.12. The number of benzene rings is 2. The van der Waals surface area contributed by atoms with E-state index in [9.17, 15) is 9.59 Å². The van der Waals surface area contributed by atoms with E-state index in [-0.39, 0.29) is 11.9 Å². The minimum absolute atomic E-state index is 0.255. The molecule has 0 fully saturated rings. The minimum Gasteiger partial charge on any atom is -0.497 e. The molecule has 0 saturated carbocycles. The van der Waals surface area contributed by atoms with Gasteiger partial charge in [0.05, 0.1) is 18.7 Å². The Bertz CT molecular complexity index is 917. The van der Waals surface area contributed by atoms with Crippen LogP contribution < -0.4 is 20.7 Å². The first-order chi connectivity index (χ1) is 12.9. The lowest BCUT2D eigenvalue weighted by Crippen LogP contribution is -2.46. The molecule has 2 aromatic rings. The van der Waals surface area contributed by atoms with E-state index in [0.717, 1.165) is 22.4 Å². The Morgan fingerprint density at radius 2 is 1.78 bits per heavy atom. The van der Waals surface area contributed by atoms with Crippen molar-refractivity contribution in [1.82, 2.24) is 10.6 Å². The highest BCUT2D eigenvalue weighted by Gasteiger charge is 2.31. The molecule has 1 aliphatic rings. The SMILES string of the molecule is COc1ccc([C@@H]2NC(=O)NC(C)=C2C(=O)Nc2cccc(C)c2C)cc1. The quantitative estimate of drug-likeness (QED) is 0.775. The fourth-order valence-corrected chi connectivity index (χ4v) is 3.12. The Morgan fingerprint density at radius 3 is 2.44 bits per heavy atom. The summed E-state index contributed by atoms with van der Waals surface area (Å²) < 4.78 is 5.19. The van der Waals surface area contributed by atoms with Crippen molar-refractivity contribution in [1.29, 1.82) is 0 Å². The fraction of sp³-hybridized carbons (Fsp3) is 0.238. The predicted octanol–water partition coefficient (Wildman–Crippen LogP) is 3.58. The number of hydrogen-bond acceptors (Lipinski definition) is 3. The van der Waals surface area contributed by atoms with Crippen molar-refractivity contribution in [2.45, 2.75) is 26.8 Å². The Morgan fingerprint density at radius 1 is 1.07 bits per heavy atom. The predicted molar refractivity (Wildman–Crippen MR) is 105 cm³/mol. The Kier molecular flexibility index (Phi) is 5.16. The van der Waals surface area contributed by atoms with Crippen LogP contribution in [0.25, 0.3) is 0 Å². The van der Waals surface area contributed by atoms with Crippen molar-refractivity contribution in [3.63, 3.8) is 0 Å². The van der Waals surface area contributed by atoms with Crippen LogP contribution in [0.2, 0.25) is 0 Å². The zero-order valence-corrected chi connectivity index (χ0v) is 15.8. The zero-order chi connectivity index (χ0) is 19.6. The number of nitrogens with one attached hydrogen (secondary N) is 3. The van der Waals surface area contributed by atoms with Gasteiger partial charge in [0.2, 0.25) is 0 Å². The van der Waals surface area contributed by atoms with Crippen LogP contribution in [0.5, 0.6) is 5.75 Å². The number of allylic oxidation sites excluding steroid dienone is 1. The number of aryl methyl sites for hydroxylation is 1. The number of hydrogen-bond donors (Lipinski definition) is 3. The molecular weight excluding hydrogens is 342 g/mol. The minimum atomic E-state index is -0.547. The number of amides is 3. The van der Waals surface area contributed by atoms with Crippen LogP contribution in [0.4, 0.5) is 10.5 Å². The summed E-state index contributed by atoms with van der Waals surface area (Å²) in [4.78, 5) is 25.1. The smallest absolute Gasteiger partial charge is 0.319 e. The molecule has 1 atom stereocenters. The molecule has 0 aliphatic carbocycles. The van der Waals surface area contributed by atoms with E-state index < -0.39 is 6.04 Å². The van der Waals surface area contributed by atoms with E-state index in [0.29, 0.717) is 17.0 Å². The first kappa shape index (κ1) is 18.5. The lowest BCUT2D eigenvalue weighted by Gasteiger charge is -2.29. The van der Waals surface area contributed by atoms with Gasteiger partial charge >= 0.3 is 6.03 Å². The van der Waals surface area contributed by atoms with Crippen LogP contribution in [0.1, 0.15) is 29.7 Å². The third kappa shape index (κ3) is 3.79. The topological polar surface area (TPSA) is 79.5 Å². The van der Waals surface area contributed by atoms with Gasteiger partial charge in [-0.15, -0.1) is 0 Å². The zero-order valence-electron chi connectivity index (χ0n) is 15.8. The third-order valence-corrected chi connectivity index (χ3v) is 4.82. The molecule has 1 aliphatic heterocycles. The lowest BCUT2D eigenvalue weighted by atomic mass is 9.94. The standard InChI is InChI=1S/C21H23N3O3/c1-12-6-5-7-17(13(12)2)23-20(25)18-14(3)22-21(26)24-19(18)15-8-10-16(27-4)11-9-15/h5-11,19H,1-4H3,(H,23,25)(H2,22,24,26)/t19-/m0/s1. The summed E-state index contributed by atoms with van der Waals surface area (Å²) in [5.74, 6) is 0.454. The molecule has 140 valence electrons. The second-order valence-electron chi connectivity index (χ2n) is 6.54. The average Bonchev–Trinajstić information content (AvgIpc) is 2.64. The molecule has 3 rings (SSSR count). The van der Waals surface area contributed by atoms with E-state index in [2.05, 4.69) is 16.0 Å². The van der Waals surface area contributed by atoms with Gasteiger partial charge in [-0.3, -0.25) is 4.79 Å². The molecule has 0 unspecified atom stereocenters. The van der Waals surface area contributed by atoms with E-state index in [4.69, 9.17) is 4.74 Å². The maximum atomic E-state index is 13.1. The molecule has 27 heavy (non-hydrogen) atoms. The first-order valence-corrected chi connectivity index (χ1v) is 8.70. The number of methoxy groups -OCH3 is 1. The normalized spacial score (nSPS) is 16.4. The maximum Gasteiger partial charge on any atom is 0.319 e. The molecule has 0 spiro atoms. The van der Waals surface area contributed by atoms with Crippen LogP contribution in [0, 0.1) is 13.8 Å². The van der Waals surface area contributed by atoms with Gasteiger partial charge in [0.1, 0.15) is 5.75 Å². The number of carbonyl (C=O) groups is 2. The average molecular weight is 365 g/mol. The number of anilines is 1. The summed E-state index contributed by atoms with van der Waals surface area (Å²) in [6, 6.07) is 12.2. The molecule has 3 N–H and O–H groups in total. The highest BCUT2D eigenvalue weighted by molar-refractivity contribution is 6.07. The van der Waals surface area contributed by atoms with Crippen molar-refractivity contribution >= 4 is 17.6 Å². The lowest BCUT2D eigenvalue weighted by molar-refractivity contribution is -0.113. The molecule has 1 heterocycles. The Hall–Kier alpha value is -3.28. The van der Waals surface area contributed by atoms with Crippen LogP contribution in [0.3, 0.4) is 0 Å². The largest absolute Gasteiger partial charge is 0.497 e. The first-order valence-electron chi connectivity index (χ1n) is 8.70. The monoisotopic (exact) mass is 365 g/mol. The number of urea groups is 1. The second kappa shape index (κ2) is 7.53. The third-order valence-electron chi connectivity index (χ3n) is 4.82. The molecule has 6 nitrogen and oxygen atoms in total. The van der Waals surface area contributed by atoms with Crippen molar-refractivity contribution < 1.29 is 14.3 Å². The van der Waals surface area contributed by atoms with Crippen molar-refractivity contribution in [2.75, 3.05) is 12.4 Å². The maximum absolute atomic E-state index is 13.1. The van der Waals surface area contributed by atoms with Crippen LogP contribution in [-0.4, -0.2) is 19.0 Å². The summed E-state index contributed by atoms with van der Waals surface area (Å²) in [5.41, 5.74) is 4.67. The van der Waals surface area contributed by atoms with Crippen LogP contribution in [-0.2, 0) is 4.79 Å². The molecule has 0 saturated heterocycles. The van der Waals surface area contributed by atoms with Gasteiger partial charge in [0.15, 0.2) is 0 Å². The van der Waals surface area contributed by atoms with Gasteiger partial charge in [-0.05, 0) is 55.7 Å². The second-order valence-corrected chi connectivity index (χ2v) is 6.54. The molecule has 0 aromatic heterocycles. The number of carbonyl (C=O) groups excluding carboxylic acids is 2. The van der Waals surface area contributed by atoms with Gasteiger partial charge in [0, 0.05) is 11.4 Å². The summed E-state index contributed by atoms with van der Waals surface area (Å²) in [5, 5.41) is 8.50. The van der Waals surface area contributed by atoms with Crippen LogP contribution >= 0.6 is 0 Å². The number of ether oxygens (including phenoxy) is 1.